The summed E-state index contributed by atoms with van der Waals surface area (Å²) in [4.78, 5) is 2.53. The van der Waals surface area contributed by atoms with E-state index in [2.05, 4.69) is 23.8 Å². The van der Waals surface area contributed by atoms with Crippen LogP contribution < -0.4 is 5.73 Å². The predicted molar refractivity (Wildman–Crippen MR) is 61.5 cm³/mol. The summed E-state index contributed by atoms with van der Waals surface area (Å²) in [5.74, 6) is 0. The van der Waals surface area contributed by atoms with Crippen molar-refractivity contribution in [3.63, 3.8) is 0 Å². The number of nitrogens with zero attached hydrogens (tertiary/aromatic N) is 3. The number of rotatable bonds is 3. The van der Waals surface area contributed by atoms with Crippen molar-refractivity contribution in [2.24, 2.45) is 0 Å². The highest BCUT2D eigenvalue weighted by molar-refractivity contribution is 5.30. The Morgan fingerprint density at radius 2 is 2.27 bits per heavy atom. The first-order chi connectivity index (χ1) is 7.08. The lowest BCUT2D eigenvalue weighted by Gasteiger charge is -2.31. The molecule has 84 valence electrons. The van der Waals surface area contributed by atoms with Crippen LogP contribution in [-0.4, -0.2) is 33.3 Å². The van der Waals surface area contributed by atoms with Gasteiger partial charge in [-0.25, -0.2) is 0 Å². The van der Waals surface area contributed by atoms with Crippen LogP contribution in [0.5, 0.6) is 0 Å². The fourth-order valence-corrected chi connectivity index (χ4v) is 2.30. The van der Waals surface area contributed by atoms with Gasteiger partial charge < -0.3 is 5.73 Å². The molecule has 0 radical (unpaired) electrons. The van der Waals surface area contributed by atoms with Crippen molar-refractivity contribution in [1.82, 2.24) is 14.7 Å². The molecule has 4 nitrogen and oxygen atoms in total. The highest BCUT2D eigenvalue weighted by atomic mass is 15.3. The van der Waals surface area contributed by atoms with E-state index in [1.54, 1.807) is 6.20 Å². The van der Waals surface area contributed by atoms with Gasteiger partial charge in [0.25, 0.3) is 0 Å². The number of nitrogen functional groups attached to an aromatic ring is 1. The Kier molecular flexibility index (Phi) is 2.69. The third kappa shape index (κ3) is 2.31. The SMILES string of the molecule is CC1(C)CCCN1CCn1cc(N)cn1. The second kappa shape index (κ2) is 3.85. The maximum Gasteiger partial charge on any atom is 0.0719 e. The lowest BCUT2D eigenvalue weighted by Crippen LogP contribution is -2.40. The summed E-state index contributed by atoms with van der Waals surface area (Å²) in [5.41, 5.74) is 6.72. The zero-order valence-electron chi connectivity index (χ0n) is 9.61. The molecule has 0 aromatic carbocycles. The van der Waals surface area contributed by atoms with Crippen LogP contribution in [0.1, 0.15) is 26.7 Å². The van der Waals surface area contributed by atoms with E-state index < -0.39 is 0 Å². The lowest BCUT2D eigenvalue weighted by molar-refractivity contribution is 0.166. The molecule has 2 heterocycles. The molecule has 1 aromatic rings. The number of anilines is 1. The van der Waals surface area contributed by atoms with Gasteiger partial charge >= 0.3 is 0 Å². The van der Waals surface area contributed by atoms with Gasteiger partial charge in [0.2, 0.25) is 0 Å². The zero-order valence-corrected chi connectivity index (χ0v) is 9.61. The van der Waals surface area contributed by atoms with Crippen LogP contribution in [0, 0.1) is 0 Å². The largest absolute Gasteiger partial charge is 0.396 e. The Morgan fingerprint density at radius 3 is 2.80 bits per heavy atom. The molecular weight excluding hydrogens is 188 g/mol. The van der Waals surface area contributed by atoms with Crippen LogP contribution in [0.3, 0.4) is 0 Å². The Hall–Kier alpha value is -1.03. The second-order valence-electron chi connectivity index (χ2n) is 4.94. The summed E-state index contributed by atoms with van der Waals surface area (Å²) in [6.45, 7) is 7.84. The van der Waals surface area contributed by atoms with E-state index in [1.165, 1.54) is 19.4 Å². The van der Waals surface area contributed by atoms with Crippen LogP contribution in [0.4, 0.5) is 5.69 Å². The van der Waals surface area contributed by atoms with Gasteiger partial charge in [-0.2, -0.15) is 5.10 Å². The van der Waals surface area contributed by atoms with E-state index in [9.17, 15) is 0 Å². The van der Waals surface area contributed by atoms with Gasteiger partial charge in [-0.15, -0.1) is 0 Å². The van der Waals surface area contributed by atoms with Crippen molar-refractivity contribution in [3.8, 4) is 0 Å². The molecule has 1 aromatic heterocycles. The van der Waals surface area contributed by atoms with Crippen LogP contribution in [0.15, 0.2) is 12.4 Å². The Balaban J connectivity index is 1.88. The average molecular weight is 208 g/mol. The van der Waals surface area contributed by atoms with E-state index in [0.717, 1.165) is 18.8 Å². The molecular formula is C11H20N4. The van der Waals surface area contributed by atoms with E-state index in [-0.39, 0.29) is 0 Å². The van der Waals surface area contributed by atoms with Crippen molar-refractivity contribution < 1.29 is 0 Å². The Labute approximate surface area is 91.1 Å². The molecule has 1 fully saturated rings. The smallest absolute Gasteiger partial charge is 0.0719 e. The minimum Gasteiger partial charge on any atom is -0.396 e. The van der Waals surface area contributed by atoms with E-state index in [4.69, 9.17) is 5.73 Å². The van der Waals surface area contributed by atoms with Gasteiger partial charge in [0.1, 0.15) is 0 Å². The normalized spacial score (nSPS) is 20.9. The average Bonchev–Trinajstić information content (AvgIpc) is 2.69. The summed E-state index contributed by atoms with van der Waals surface area (Å²) in [7, 11) is 0. The van der Waals surface area contributed by atoms with E-state index in [1.807, 2.05) is 10.9 Å². The summed E-state index contributed by atoms with van der Waals surface area (Å²) in [5, 5.41) is 4.19. The monoisotopic (exact) mass is 208 g/mol. The molecule has 0 unspecified atom stereocenters. The third-order valence-electron chi connectivity index (χ3n) is 3.32. The summed E-state index contributed by atoms with van der Waals surface area (Å²) in [6, 6.07) is 0. The number of nitrogens with two attached hydrogens (primary N) is 1. The topological polar surface area (TPSA) is 47.1 Å². The fraction of sp³-hybridized carbons (Fsp3) is 0.727. The van der Waals surface area contributed by atoms with Crippen molar-refractivity contribution in [2.75, 3.05) is 18.8 Å². The van der Waals surface area contributed by atoms with Crippen molar-refractivity contribution in [1.29, 1.82) is 0 Å². The minimum absolute atomic E-state index is 0.360. The highest BCUT2D eigenvalue weighted by Gasteiger charge is 2.31. The summed E-state index contributed by atoms with van der Waals surface area (Å²) in [6.07, 6.45) is 6.21. The molecule has 1 saturated heterocycles. The van der Waals surface area contributed by atoms with Gasteiger partial charge in [0.05, 0.1) is 18.4 Å². The molecule has 0 aliphatic carbocycles. The first-order valence-electron chi connectivity index (χ1n) is 5.61. The third-order valence-corrected chi connectivity index (χ3v) is 3.32. The molecule has 2 N–H and O–H groups in total. The maximum absolute atomic E-state index is 5.62. The van der Waals surface area contributed by atoms with Crippen LogP contribution in [0.2, 0.25) is 0 Å². The van der Waals surface area contributed by atoms with Crippen molar-refractivity contribution in [3.05, 3.63) is 12.4 Å². The fourth-order valence-electron chi connectivity index (χ4n) is 2.30. The van der Waals surface area contributed by atoms with Gasteiger partial charge in [-0.3, -0.25) is 9.58 Å². The lowest BCUT2D eigenvalue weighted by atomic mass is 10.0. The van der Waals surface area contributed by atoms with Crippen LogP contribution in [-0.2, 0) is 6.54 Å². The van der Waals surface area contributed by atoms with Gasteiger partial charge in [-0.1, -0.05) is 0 Å². The molecule has 2 rings (SSSR count). The first kappa shape index (κ1) is 10.5. The van der Waals surface area contributed by atoms with Crippen molar-refractivity contribution in [2.45, 2.75) is 38.8 Å². The molecule has 0 amide bonds. The summed E-state index contributed by atoms with van der Waals surface area (Å²) < 4.78 is 1.92. The maximum atomic E-state index is 5.62. The number of aromatic nitrogens is 2. The van der Waals surface area contributed by atoms with Crippen LogP contribution >= 0.6 is 0 Å². The predicted octanol–water partition coefficient (Wildman–Crippen LogP) is 1.34. The number of likely N-dealkylation sites (tertiary alicyclic amines) is 1. The zero-order chi connectivity index (χ0) is 10.9. The quantitative estimate of drug-likeness (QED) is 0.815. The second-order valence-corrected chi connectivity index (χ2v) is 4.94. The van der Waals surface area contributed by atoms with E-state index >= 15 is 0 Å². The van der Waals surface area contributed by atoms with Crippen molar-refractivity contribution >= 4 is 5.69 Å². The number of hydrogen-bond acceptors (Lipinski definition) is 3. The molecule has 15 heavy (non-hydrogen) atoms. The standard InChI is InChI=1S/C11H20N4/c1-11(2)4-3-5-14(11)6-7-15-9-10(12)8-13-15/h8-9H,3-7,12H2,1-2H3. The van der Waals surface area contributed by atoms with Crippen LogP contribution in [0.25, 0.3) is 0 Å². The molecule has 0 saturated carbocycles. The summed E-state index contributed by atoms with van der Waals surface area (Å²) >= 11 is 0. The molecule has 0 bridgehead atoms. The Bertz CT molecular complexity index is 329. The van der Waals surface area contributed by atoms with Gasteiger partial charge in [0, 0.05) is 18.3 Å². The molecule has 4 heteroatoms. The molecule has 0 spiro atoms. The molecule has 0 atom stereocenters. The van der Waals surface area contributed by atoms with E-state index in [0.29, 0.717) is 5.54 Å². The molecule has 1 aliphatic heterocycles. The van der Waals surface area contributed by atoms with Gasteiger partial charge in [0.15, 0.2) is 0 Å². The van der Waals surface area contributed by atoms with Gasteiger partial charge in [-0.05, 0) is 33.2 Å². The Morgan fingerprint density at radius 1 is 1.47 bits per heavy atom. The molecule has 1 aliphatic rings. The minimum atomic E-state index is 0.360. The highest BCUT2D eigenvalue weighted by Crippen LogP contribution is 2.27. The first-order valence-corrected chi connectivity index (χ1v) is 5.61. The number of hydrogen-bond donors (Lipinski definition) is 1.